The Morgan fingerprint density at radius 2 is 1.94 bits per heavy atom. The summed E-state index contributed by atoms with van der Waals surface area (Å²) in [7, 11) is 0. The first kappa shape index (κ1) is 12.6. The van der Waals surface area contributed by atoms with Crippen molar-refractivity contribution in [2.24, 2.45) is 5.92 Å². The summed E-state index contributed by atoms with van der Waals surface area (Å²) in [5.74, 6) is 0.617. The van der Waals surface area contributed by atoms with Crippen LogP contribution in [0.4, 0.5) is 0 Å². The molecule has 1 fully saturated rings. The highest BCUT2D eigenvalue weighted by Gasteiger charge is 2.52. The lowest BCUT2D eigenvalue weighted by molar-refractivity contribution is 0.246. The van der Waals surface area contributed by atoms with Gasteiger partial charge >= 0.3 is 0 Å². The second-order valence-electron chi connectivity index (χ2n) is 6.70. The third-order valence-corrected chi connectivity index (χ3v) is 4.36. The van der Waals surface area contributed by atoms with Gasteiger partial charge in [0.05, 0.1) is 6.61 Å². The Morgan fingerprint density at radius 1 is 1.35 bits per heavy atom. The van der Waals surface area contributed by atoms with Crippen LogP contribution in [-0.2, 0) is 10.8 Å². The van der Waals surface area contributed by atoms with Gasteiger partial charge in [-0.1, -0.05) is 45.9 Å². The SMILES string of the molecule is Cc1cc(C(C)(C)C)ccc1C1(CO)CC1C. The monoisotopic (exact) mass is 232 g/mol. The second kappa shape index (κ2) is 3.84. The fourth-order valence-electron chi connectivity index (χ4n) is 2.86. The van der Waals surface area contributed by atoms with Gasteiger partial charge < -0.3 is 5.11 Å². The summed E-state index contributed by atoms with van der Waals surface area (Å²) in [6.45, 7) is 11.4. The van der Waals surface area contributed by atoms with E-state index in [9.17, 15) is 5.11 Å². The zero-order chi connectivity index (χ0) is 12.8. The Morgan fingerprint density at radius 3 is 2.29 bits per heavy atom. The first-order valence-corrected chi connectivity index (χ1v) is 6.54. The van der Waals surface area contributed by atoms with Gasteiger partial charge in [0.2, 0.25) is 0 Å². The van der Waals surface area contributed by atoms with E-state index in [0.717, 1.165) is 6.42 Å². The van der Waals surface area contributed by atoms with Crippen LogP contribution in [0, 0.1) is 12.8 Å². The average molecular weight is 232 g/mol. The molecular formula is C16H24O. The molecule has 1 saturated carbocycles. The first-order valence-electron chi connectivity index (χ1n) is 6.54. The van der Waals surface area contributed by atoms with Gasteiger partial charge in [-0.3, -0.25) is 0 Å². The van der Waals surface area contributed by atoms with E-state index in [0.29, 0.717) is 5.92 Å². The summed E-state index contributed by atoms with van der Waals surface area (Å²) in [5.41, 5.74) is 4.31. The number of aryl methyl sites for hydroxylation is 1. The van der Waals surface area contributed by atoms with E-state index in [1.54, 1.807) is 0 Å². The fourth-order valence-corrected chi connectivity index (χ4v) is 2.86. The highest BCUT2D eigenvalue weighted by molar-refractivity contribution is 5.43. The third kappa shape index (κ3) is 2.01. The molecule has 0 heterocycles. The van der Waals surface area contributed by atoms with Crippen LogP contribution in [0.1, 0.15) is 50.8 Å². The molecule has 2 rings (SSSR count). The van der Waals surface area contributed by atoms with Crippen molar-refractivity contribution in [2.75, 3.05) is 6.61 Å². The Kier molecular flexibility index (Phi) is 2.86. The number of hydrogen-bond acceptors (Lipinski definition) is 1. The molecule has 1 heteroatoms. The van der Waals surface area contributed by atoms with Crippen LogP contribution in [0.25, 0.3) is 0 Å². The van der Waals surface area contributed by atoms with E-state index < -0.39 is 0 Å². The quantitative estimate of drug-likeness (QED) is 0.826. The van der Waals surface area contributed by atoms with Gasteiger partial charge in [-0.15, -0.1) is 0 Å². The van der Waals surface area contributed by atoms with E-state index >= 15 is 0 Å². The van der Waals surface area contributed by atoms with Crippen LogP contribution >= 0.6 is 0 Å². The van der Waals surface area contributed by atoms with Crippen molar-refractivity contribution in [3.63, 3.8) is 0 Å². The lowest BCUT2D eigenvalue weighted by Gasteiger charge is -2.23. The topological polar surface area (TPSA) is 20.2 Å². The molecular weight excluding hydrogens is 208 g/mol. The molecule has 0 radical (unpaired) electrons. The molecule has 1 nitrogen and oxygen atoms in total. The predicted octanol–water partition coefficient (Wildman–Crippen LogP) is 3.56. The molecule has 1 aromatic carbocycles. The second-order valence-corrected chi connectivity index (χ2v) is 6.70. The lowest BCUT2D eigenvalue weighted by atomic mass is 9.82. The van der Waals surface area contributed by atoms with E-state index in [1.165, 1.54) is 16.7 Å². The number of rotatable bonds is 2. The maximum Gasteiger partial charge on any atom is 0.0530 e. The minimum absolute atomic E-state index is 0.0560. The van der Waals surface area contributed by atoms with Crippen molar-refractivity contribution in [3.05, 3.63) is 34.9 Å². The van der Waals surface area contributed by atoms with Crippen molar-refractivity contribution < 1.29 is 5.11 Å². The predicted molar refractivity (Wildman–Crippen MR) is 72.4 cm³/mol. The normalized spacial score (nSPS) is 28.2. The summed E-state index contributed by atoms with van der Waals surface area (Å²) < 4.78 is 0. The Labute approximate surface area is 105 Å². The lowest BCUT2D eigenvalue weighted by Crippen LogP contribution is -2.18. The van der Waals surface area contributed by atoms with Gasteiger partial charge in [-0.25, -0.2) is 0 Å². The molecule has 1 aliphatic rings. The van der Waals surface area contributed by atoms with Crippen LogP contribution in [0.2, 0.25) is 0 Å². The van der Waals surface area contributed by atoms with Crippen molar-refractivity contribution in [1.29, 1.82) is 0 Å². The molecule has 1 aromatic rings. The highest BCUT2D eigenvalue weighted by atomic mass is 16.3. The summed E-state index contributed by atoms with van der Waals surface area (Å²) in [5, 5.41) is 9.63. The maximum absolute atomic E-state index is 9.63. The zero-order valence-corrected chi connectivity index (χ0v) is 11.7. The van der Waals surface area contributed by atoms with Crippen molar-refractivity contribution in [1.82, 2.24) is 0 Å². The molecule has 0 amide bonds. The summed E-state index contributed by atoms with van der Waals surface area (Å²) >= 11 is 0. The van der Waals surface area contributed by atoms with Crippen molar-refractivity contribution in [3.8, 4) is 0 Å². The van der Waals surface area contributed by atoms with Crippen LogP contribution in [0.15, 0.2) is 18.2 Å². The van der Waals surface area contributed by atoms with E-state index in [2.05, 4.69) is 52.8 Å². The van der Waals surface area contributed by atoms with Crippen LogP contribution in [0.5, 0.6) is 0 Å². The van der Waals surface area contributed by atoms with Crippen molar-refractivity contribution >= 4 is 0 Å². The molecule has 2 atom stereocenters. The Balaban J connectivity index is 2.40. The molecule has 17 heavy (non-hydrogen) atoms. The van der Waals surface area contributed by atoms with E-state index in [-0.39, 0.29) is 17.4 Å². The highest BCUT2D eigenvalue weighted by Crippen LogP contribution is 2.54. The largest absolute Gasteiger partial charge is 0.395 e. The summed E-state index contributed by atoms with van der Waals surface area (Å²) in [6.07, 6.45) is 1.12. The molecule has 0 aromatic heterocycles. The molecule has 2 unspecified atom stereocenters. The van der Waals surface area contributed by atoms with E-state index in [4.69, 9.17) is 0 Å². The number of aliphatic hydroxyl groups is 1. The van der Waals surface area contributed by atoms with Crippen molar-refractivity contribution in [2.45, 2.75) is 51.9 Å². The Hall–Kier alpha value is -0.820. The van der Waals surface area contributed by atoms with Gasteiger partial charge in [0, 0.05) is 5.41 Å². The molecule has 94 valence electrons. The molecule has 1 aliphatic carbocycles. The van der Waals surface area contributed by atoms with Crippen LogP contribution < -0.4 is 0 Å². The first-order chi connectivity index (χ1) is 7.81. The molecule has 0 bridgehead atoms. The molecule has 0 aliphatic heterocycles. The minimum atomic E-state index is 0.0560. The maximum atomic E-state index is 9.63. The molecule has 0 saturated heterocycles. The van der Waals surface area contributed by atoms with Crippen LogP contribution in [-0.4, -0.2) is 11.7 Å². The third-order valence-electron chi connectivity index (χ3n) is 4.36. The smallest absolute Gasteiger partial charge is 0.0530 e. The van der Waals surface area contributed by atoms with Gasteiger partial charge in [0.15, 0.2) is 0 Å². The van der Waals surface area contributed by atoms with Crippen LogP contribution in [0.3, 0.4) is 0 Å². The summed E-state index contributed by atoms with van der Waals surface area (Å²) in [4.78, 5) is 0. The average Bonchev–Trinajstić information content (AvgIpc) is 2.89. The van der Waals surface area contributed by atoms with Gasteiger partial charge in [0.1, 0.15) is 0 Å². The fraction of sp³-hybridized carbons (Fsp3) is 0.625. The molecule has 0 spiro atoms. The van der Waals surface area contributed by atoms with E-state index in [1.807, 2.05) is 0 Å². The van der Waals surface area contributed by atoms with Gasteiger partial charge in [-0.2, -0.15) is 0 Å². The minimum Gasteiger partial charge on any atom is -0.395 e. The molecule has 1 N–H and O–H groups in total. The Bertz CT molecular complexity index is 424. The summed E-state index contributed by atoms with van der Waals surface area (Å²) in [6, 6.07) is 6.75. The van der Waals surface area contributed by atoms with Gasteiger partial charge in [0.25, 0.3) is 0 Å². The van der Waals surface area contributed by atoms with Gasteiger partial charge in [-0.05, 0) is 41.4 Å². The zero-order valence-electron chi connectivity index (χ0n) is 11.7. The number of aliphatic hydroxyl groups excluding tert-OH is 1. The standard InChI is InChI=1S/C16H24O/c1-11-8-13(15(3,4)5)6-7-14(11)16(10-17)9-12(16)2/h6-8,12,17H,9-10H2,1-5H3. The number of hydrogen-bond donors (Lipinski definition) is 1. The number of benzene rings is 1.